The second kappa shape index (κ2) is 5.77. The minimum atomic E-state index is -0.964. The first-order valence-corrected chi connectivity index (χ1v) is 4.57. The average Bonchev–Trinajstić information content (AvgIpc) is 2.14. The van der Waals surface area contributed by atoms with E-state index in [-0.39, 0.29) is 0 Å². The molecule has 0 aromatic rings. The van der Waals surface area contributed by atoms with E-state index in [1.165, 1.54) is 0 Å². The van der Waals surface area contributed by atoms with Crippen LogP contribution in [0.25, 0.3) is 0 Å². The molecule has 13 heavy (non-hydrogen) atoms. The highest BCUT2D eigenvalue weighted by Gasteiger charge is 2.11. The molecule has 1 fully saturated rings. The molecule has 0 aromatic carbocycles. The number of ether oxygens (including phenoxy) is 1. The highest BCUT2D eigenvalue weighted by atomic mass is 16.5. The van der Waals surface area contributed by atoms with Crippen molar-refractivity contribution >= 4 is 6.09 Å². The maximum Gasteiger partial charge on any atom is 0.404 e. The third-order valence-electron chi connectivity index (χ3n) is 2.06. The quantitative estimate of drug-likeness (QED) is 0.544. The van der Waals surface area contributed by atoms with Crippen molar-refractivity contribution in [3.05, 3.63) is 0 Å². The molecule has 1 amide bonds. The summed E-state index contributed by atoms with van der Waals surface area (Å²) in [6.45, 7) is 2.78. The van der Waals surface area contributed by atoms with Crippen molar-refractivity contribution in [2.24, 2.45) is 0 Å². The molecule has 1 saturated heterocycles. The molecular formula is C8H16N2O3. The molecule has 0 bridgehead atoms. The predicted molar refractivity (Wildman–Crippen MR) is 47.9 cm³/mol. The van der Waals surface area contributed by atoms with Crippen LogP contribution in [0.3, 0.4) is 0 Å². The number of hydrogen-bond donors (Lipinski definition) is 3. The van der Waals surface area contributed by atoms with Crippen LogP contribution in [0.1, 0.15) is 12.8 Å². The summed E-state index contributed by atoms with van der Waals surface area (Å²) >= 11 is 0. The van der Waals surface area contributed by atoms with Crippen molar-refractivity contribution < 1.29 is 14.6 Å². The van der Waals surface area contributed by atoms with Gasteiger partial charge in [0.2, 0.25) is 0 Å². The van der Waals surface area contributed by atoms with Crippen molar-refractivity contribution in [3.8, 4) is 0 Å². The van der Waals surface area contributed by atoms with Gasteiger partial charge in [0.05, 0.1) is 0 Å². The van der Waals surface area contributed by atoms with Gasteiger partial charge in [0.15, 0.2) is 0 Å². The van der Waals surface area contributed by atoms with Gasteiger partial charge in [-0.1, -0.05) is 0 Å². The summed E-state index contributed by atoms with van der Waals surface area (Å²) < 4.78 is 5.19. The van der Waals surface area contributed by atoms with Gasteiger partial charge in [0.1, 0.15) is 0 Å². The van der Waals surface area contributed by atoms with Crippen molar-refractivity contribution in [3.63, 3.8) is 0 Å². The summed E-state index contributed by atoms with van der Waals surface area (Å²) in [4.78, 5) is 10.1. The van der Waals surface area contributed by atoms with Gasteiger partial charge < -0.3 is 20.5 Å². The van der Waals surface area contributed by atoms with Gasteiger partial charge >= 0.3 is 6.09 Å². The van der Waals surface area contributed by atoms with Crippen LogP contribution >= 0.6 is 0 Å². The number of amides is 1. The van der Waals surface area contributed by atoms with E-state index in [9.17, 15) is 4.79 Å². The minimum Gasteiger partial charge on any atom is -0.465 e. The van der Waals surface area contributed by atoms with Crippen LogP contribution < -0.4 is 10.6 Å². The van der Waals surface area contributed by atoms with Gasteiger partial charge in [-0.15, -0.1) is 0 Å². The minimum absolute atomic E-state index is 0.465. The average molecular weight is 188 g/mol. The summed E-state index contributed by atoms with van der Waals surface area (Å²) in [6, 6.07) is 0.490. The Kier molecular flexibility index (Phi) is 4.56. The van der Waals surface area contributed by atoms with Crippen molar-refractivity contribution in [1.82, 2.24) is 10.6 Å². The highest BCUT2D eigenvalue weighted by molar-refractivity contribution is 5.64. The fourth-order valence-electron chi connectivity index (χ4n) is 1.35. The zero-order chi connectivity index (χ0) is 9.52. The standard InChI is InChI=1S/C8H16N2O3/c11-8(12)10-4-3-9-7-1-5-13-6-2-7/h7,9-10H,1-6H2,(H,11,12). The van der Waals surface area contributed by atoms with Gasteiger partial charge in [-0.2, -0.15) is 0 Å². The first-order valence-electron chi connectivity index (χ1n) is 4.57. The Morgan fingerprint density at radius 3 is 2.69 bits per heavy atom. The van der Waals surface area contributed by atoms with E-state index < -0.39 is 6.09 Å². The van der Waals surface area contributed by atoms with Crippen LogP contribution in [-0.2, 0) is 4.74 Å². The highest BCUT2D eigenvalue weighted by Crippen LogP contribution is 2.04. The monoisotopic (exact) mass is 188 g/mol. The molecular weight excluding hydrogens is 172 g/mol. The number of hydrogen-bond acceptors (Lipinski definition) is 3. The van der Waals surface area contributed by atoms with Crippen LogP contribution in [0.4, 0.5) is 4.79 Å². The molecule has 3 N–H and O–H groups in total. The Morgan fingerprint density at radius 1 is 1.38 bits per heavy atom. The van der Waals surface area contributed by atoms with Gasteiger partial charge in [0.25, 0.3) is 0 Å². The number of carbonyl (C=O) groups is 1. The molecule has 0 spiro atoms. The lowest BCUT2D eigenvalue weighted by atomic mass is 10.1. The van der Waals surface area contributed by atoms with E-state index >= 15 is 0 Å². The zero-order valence-corrected chi connectivity index (χ0v) is 7.58. The normalized spacial score (nSPS) is 18.5. The Bertz CT molecular complexity index is 157. The topological polar surface area (TPSA) is 70.6 Å². The van der Waals surface area contributed by atoms with E-state index in [1.54, 1.807) is 0 Å². The van der Waals surface area contributed by atoms with E-state index in [0.717, 1.165) is 26.1 Å². The maximum atomic E-state index is 10.1. The van der Waals surface area contributed by atoms with Crippen molar-refractivity contribution in [2.75, 3.05) is 26.3 Å². The van der Waals surface area contributed by atoms with Gasteiger partial charge in [-0.25, -0.2) is 4.79 Å². The first-order chi connectivity index (χ1) is 6.29. The molecule has 1 heterocycles. The fourth-order valence-corrected chi connectivity index (χ4v) is 1.35. The molecule has 1 rings (SSSR count). The molecule has 76 valence electrons. The van der Waals surface area contributed by atoms with Gasteiger partial charge in [-0.05, 0) is 12.8 Å². The number of carboxylic acid groups (broad SMARTS) is 1. The molecule has 0 saturated carbocycles. The van der Waals surface area contributed by atoms with Crippen LogP contribution in [0.15, 0.2) is 0 Å². The maximum absolute atomic E-state index is 10.1. The smallest absolute Gasteiger partial charge is 0.404 e. The summed E-state index contributed by atoms with van der Waals surface area (Å²) in [5, 5.41) is 13.9. The summed E-state index contributed by atoms with van der Waals surface area (Å²) in [5.41, 5.74) is 0. The third-order valence-corrected chi connectivity index (χ3v) is 2.06. The van der Waals surface area contributed by atoms with E-state index in [1.807, 2.05) is 0 Å². The lowest BCUT2D eigenvalue weighted by Crippen LogP contribution is -2.39. The molecule has 5 nitrogen and oxygen atoms in total. The second-order valence-corrected chi connectivity index (χ2v) is 3.07. The van der Waals surface area contributed by atoms with E-state index in [4.69, 9.17) is 9.84 Å². The Balaban J connectivity index is 1.95. The summed E-state index contributed by atoms with van der Waals surface area (Å²) in [7, 11) is 0. The molecule has 0 aliphatic carbocycles. The number of nitrogens with one attached hydrogen (secondary N) is 2. The molecule has 1 aliphatic rings. The molecule has 1 aliphatic heterocycles. The van der Waals surface area contributed by atoms with E-state index in [2.05, 4.69) is 10.6 Å². The lowest BCUT2D eigenvalue weighted by Gasteiger charge is -2.23. The van der Waals surface area contributed by atoms with Crippen molar-refractivity contribution in [2.45, 2.75) is 18.9 Å². The second-order valence-electron chi connectivity index (χ2n) is 3.07. The Hall–Kier alpha value is -0.810. The summed E-state index contributed by atoms with van der Waals surface area (Å²) in [6.07, 6.45) is 1.08. The van der Waals surface area contributed by atoms with Crippen LogP contribution in [-0.4, -0.2) is 43.5 Å². The predicted octanol–water partition coefficient (Wildman–Crippen LogP) is 0.0226. The van der Waals surface area contributed by atoms with E-state index in [0.29, 0.717) is 19.1 Å². The van der Waals surface area contributed by atoms with Gasteiger partial charge in [0, 0.05) is 32.3 Å². The van der Waals surface area contributed by atoms with Crippen LogP contribution in [0.5, 0.6) is 0 Å². The third kappa shape index (κ3) is 4.69. The van der Waals surface area contributed by atoms with Crippen LogP contribution in [0, 0.1) is 0 Å². The lowest BCUT2D eigenvalue weighted by molar-refractivity contribution is 0.0781. The number of rotatable bonds is 4. The SMILES string of the molecule is O=C(O)NCCNC1CCOCC1. The van der Waals surface area contributed by atoms with Crippen molar-refractivity contribution in [1.29, 1.82) is 0 Å². The van der Waals surface area contributed by atoms with Gasteiger partial charge in [-0.3, -0.25) is 0 Å². The molecule has 0 radical (unpaired) electrons. The Morgan fingerprint density at radius 2 is 2.08 bits per heavy atom. The molecule has 0 unspecified atom stereocenters. The largest absolute Gasteiger partial charge is 0.465 e. The molecule has 5 heteroatoms. The molecule has 0 aromatic heterocycles. The Labute approximate surface area is 77.5 Å². The van der Waals surface area contributed by atoms with Crippen LogP contribution in [0.2, 0.25) is 0 Å². The zero-order valence-electron chi connectivity index (χ0n) is 7.58. The first kappa shape index (κ1) is 10.3. The molecule has 0 atom stereocenters. The summed E-state index contributed by atoms with van der Waals surface area (Å²) in [5.74, 6) is 0. The fraction of sp³-hybridized carbons (Fsp3) is 0.875.